The number of ether oxygens (including phenoxy) is 5. The van der Waals surface area contributed by atoms with Gasteiger partial charge in [0.15, 0.2) is 0 Å². The van der Waals surface area contributed by atoms with Crippen LogP contribution in [-0.4, -0.2) is 78.0 Å². The molecule has 1 fully saturated rings. The Labute approximate surface area is 170 Å². The van der Waals surface area contributed by atoms with Crippen LogP contribution in [0.1, 0.15) is 5.56 Å². The molecule has 1 aliphatic rings. The molecule has 1 saturated heterocycles. The summed E-state index contributed by atoms with van der Waals surface area (Å²) in [6.07, 6.45) is 0. The van der Waals surface area contributed by atoms with Crippen LogP contribution in [0, 0.1) is 0 Å². The van der Waals surface area contributed by atoms with Crippen LogP contribution in [0.2, 0.25) is 0 Å². The number of fused-ring (bicyclic) bond motifs is 1. The van der Waals surface area contributed by atoms with Crippen LogP contribution in [-0.2, 0) is 25.5 Å². The highest BCUT2D eigenvalue weighted by molar-refractivity contribution is 5.81. The Morgan fingerprint density at radius 1 is 0.862 bits per heavy atom. The topological polar surface area (TPSA) is 79.6 Å². The maximum Gasteiger partial charge on any atom is 0.336 e. The minimum Gasteiger partial charge on any atom is -0.497 e. The molecule has 3 rings (SSSR count). The number of nitrogens with zero attached hydrogens (tertiary/aromatic N) is 1. The monoisotopic (exact) mass is 407 g/mol. The average Bonchev–Trinajstić information content (AvgIpc) is 2.73. The van der Waals surface area contributed by atoms with Crippen molar-refractivity contribution in [1.29, 1.82) is 0 Å². The van der Waals surface area contributed by atoms with Gasteiger partial charge in [-0.25, -0.2) is 4.79 Å². The molecule has 8 heteroatoms. The van der Waals surface area contributed by atoms with Crippen molar-refractivity contribution in [2.24, 2.45) is 0 Å². The normalized spacial score (nSPS) is 18.8. The third kappa shape index (κ3) is 7.09. The second-order valence-electron chi connectivity index (χ2n) is 6.68. The SMILES string of the molecule is COc1ccc2c(CN3CCOCCOCCOCCOCC3)cc(=O)oc2c1. The predicted octanol–water partition coefficient (Wildman–Crippen LogP) is 1.68. The van der Waals surface area contributed by atoms with Crippen molar-refractivity contribution >= 4 is 11.0 Å². The van der Waals surface area contributed by atoms with E-state index >= 15 is 0 Å². The van der Waals surface area contributed by atoms with E-state index in [0.29, 0.717) is 70.7 Å². The van der Waals surface area contributed by atoms with E-state index in [1.807, 2.05) is 12.1 Å². The lowest BCUT2D eigenvalue weighted by atomic mass is 10.1. The minimum absolute atomic E-state index is 0.374. The van der Waals surface area contributed by atoms with E-state index in [2.05, 4.69) is 4.90 Å². The summed E-state index contributed by atoms with van der Waals surface area (Å²) in [4.78, 5) is 14.3. The summed E-state index contributed by atoms with van der Waals surface area (Å²) in [5.41, 5.74) is 1.05. The summed E-state index contributed by atoms with van der Waals surface area (Å²) in [6, 6.07) is 7.07. The van der Waals surface area contributed by atoms with Gasteiger partial charge in [0.1, 0.15) is 11.3 Å². The summed E-state index contributed by atoms with van der Waals surface area (Å²) >= 11 is 0. The minimum atomic E-state index is -0.374. The molecule has 0 saturated carbocycles. The van der Waals surface area contributed by atoms with Gasteiger partial charge in [0.2, 0.25) is 0 Å². The standard InChI is InChI=1S/C21H29NO7/c1-24-18-2-3-19-17(14-21(23)29-20(19)15-18)16-22-4-6-25-8-10-27-12-13-28-11-9-26-7-5-22/h2-3,14-15H,4-13,16H2,1H3. The number of rotatable bonds is 3. The molecular weight excluding hydrogens is 378 g/mol. The van der Waals surface area contributed by atoms with Crippen LogP contribution in [0.4, 0.5) is 0 Å². The molecule has 0 aliphatic carbocycles. The fourth-order valence-corrected chi connectivity index (χ4v) is 3.13. The average molecular weight is 407 g/mol. The molecule has 2 aromatic rings. The highest BCUT2D eigenvalue weighted by Crippen LogP contribution is 2.23. The van der Waals surface area contributed by atoms with Gasteiger partial charge in [-0.15, -0.1) is 0 Å². The van der Waals surface area contributed by atoms with E-state index in [1.54, 1.807) is 19.2 Å². The molecule has 29 heavy (non-hydrogen) atoms. The van der Waals surface area contributed by atoms with E-state index < -0.39 is 0 Å². The molecule has 2 heterocycles. The van der Waals surface area contributed by atoms with Crippen molar-refractivity contribution in [2.45, 2.75) is 6.54 Å². The lowest BCUT2D eigenvalue weighted by Crippen LogP contribution is -2.31. The van der Waals surface area contributed by atoms with Gasteiger partial charge in [-0.3, -0.25) is 4.90 Å². The van der Waals surface area contributed by atoms with Crippen molar-refractivity contribution in [2.75, 3.05) is 73.1 Å². The molecule has 0 unspecified atom stereocenters. The number of benzene rings is 1. The van der Waals surface area contributed by atoms with Gasteiger partial charge in [-0.2, -0.15) is 0 Å². The molecule has 160 valence electrons. The Balaban J connectivity index is 1.70. The van der Waals surface area contributed by atoms with Crippen LogP contribution in [0.5, 0.6) is 5.75 Å². The largest absolute Gasteiger partial charge is 0.497 e. The van der Waals surface area contributed by atoms with E-state index in [9.17, 15) is 4.79 Å². The maximum atomic E-state index is 12.1. The third-order valence-electron chi connectivity index (χ3n) is 4.65. The Bertz CT molecular complexity index is 791. The Morgan fingerprint density at radius 2 is 1.45 bits per heavy atom. The van der Waals surface area contributed by atoms with E-state index in [0.717, 1.165) is 24.0 Å². The van der Waals surface area contributed by atoms with Crippen molar-refractivity contribution in [3.63, 3.8) is 0 Å². The molecule has 1 aromatic carbocycles. The fourth-order valence-electron chi connectivity index (χ4n) is 3.13. The number of hydrogen-bond acceptors (Lipinski definition) is 8. The van der Waals surface area contributed by atoms with E-state index in [1.165, 1.54) is 0 Å². The second-order valence-corrected chi connectivity index (χ2v) is 6.68. The van der Waals surface area contributed by atoms with Crippen molar-refractivity contribution in [1.82, 2.24) is 4.90 Å². The summed E-state index contributed by atoms with van der Waals surface area (Å²) in [5.74, 6) is 0.651. The molecule has 0 spiro atoms. The molecular formula is C21H29NO7. The first-order valence-electron chi connectivity index (χ1n) is 9.90. The van der Waals surface area contributed by atoms with Gasteiger partial charge in [-0.05, 0) is 17.7 Å². The number of hydrogen-bond donors (Lipinski definition) is 0. The van der Waals surface area contributed by atoms with Gasteiger partial charge in [0, 0.05) is 37.2 Å². The first kappa shape index (κ1) is 21.7. The van der Waals surface area contributed by atoms with Crippen molar-refractivity contribution in [3.8, 4) is 5.75 Å². The molecule has 0 N–H and O–H groups in total. The smallest absolute Gasteiger partial charge is 0.336 e. The second kappa shape index (κ2) is 11.9. The first-order valence-corrected chi connectivity index (χ1v) is 9.90. The lowest BCUT2D eigenvalue weighted by Gasteiger charge is -2.23. The van der Waals surface area contributed by atoms with Crippen molar-refractivity contribution in [3.05, 3.63) is 40.2 Å². The molecule has 0 bridgehead atoms. The van der Waals surface area contributed by atoms with Crippen LogP contribution in [0.15, 0.2) is 33.5 Å². The highest BCUT2D eigenvalue weighted by Gasteiger charge is 2.12. The van der Waals surface area contributed by atoms with E-state index in [-0.39, 0.29) is 5.63 Å². The third-order valence-corrected chi connectivity index (χ3v) is 4.65. The summed E-state index contributed by atoms with van der Waals surface area (Å²) in [5, 5.41) is 0.893. The maximum absolute atomic E-state index is 12.1. The summed E-state index contributed by atoms with van der Waals surface area (Å²) < 4.78 is 32.8. The zero-order chi connectivity index (χ0) is 20.3. The van der Waals surface area contributed by atoms with Crippen molar-refractivity contribution < 1.29 is 28.1 Å². The quantitative estimate of drug-likeness (QED) is 0.711. The zero-order valence-electron chi connectivity index (χ0n) is 16.9. The molecule has 0 amide bonds. The predicted molar refractivity (Wildman–Crippen MR) is 108 cm³/mol. The first-order chi connectivity index (χ1) is 14.3. The number of methoxy groups -OCH3 is 1. The Kier molecular flexibility index (Phi) is 8.91. The van der Waals surface area contributed by atoms with Crippen LogP contribution < -0.4 is 10.4 Å². The van der Waals surface area contributed by atoms with Gasteiger partial charge in [0.05, 0.1) is 60.0 Å². The van der Waals surface area contributed by atoms with Crippen LogP contribution in [0.3, 0.4) is 0 Å². The van der Waals surface area contributed by atoms with Crippen LogP contribution >= 0.6 is 0 Å². The summed E-state index contributed by atoms with van der Waals surface area (Å²) in [6.45, 7) is 6.49. The van der Waals surface area contributed by atoms with Crippen LogP contribution in [0.25, 0.3) is 11.0 Å². The van der Waals surface area contributed by atoms with Gasteiger partial charge >= 0.3 is 5.63 Å². The van der Waals surface area contributed by atoms with Gasteiger partial charge < -0.3 is 28.1 Å². The Hall–Kier alpha value is -1.97. The molecule has 8 nitrogen and oxygen atoms in total. The van der Waals surface area contributed by atoms with Gasteiger partial charge in [-0.1, -0.05) is 0 Å². The molecule has 0 atom stereocenters. The van der Waals surface area contributed by atoms with Gasteiger partial charge in [0.25, 0.3) is 0 Å². The molecule has 1 aromatic heterocycles. The molecule has 1 aliphatic heterocycles. The highest BCUT2D eigenvalue weighted by atomic mass is 16.6. The zero-order valence-corrected chi connectivity index (χ0v) is 16.9. The Morgan fingerprint density at radius 3 is 2.03 bits per heavy atom. The summed E-state index contributed by atoms with van der Waals surface area (Å²) in [7, 11) is 1.59. The molecule has 0 radical (unpaired) electrons. The fraction of sp³-hybridized carbons (Fsp3) is 0.571. The lowest BCUT2D eigenvalue weighted by molar-refractivity contribution is 0.00206. The van der Waals surface area contributed by atoms with E-state index in [4.69, 9.17) is 28.1 Å².